The summed E-state index contributed by atoms with van der Waals surface area (Å²) in [6, 6.07) is 11.1. The second-order valence-electron chi connectivity index (χ2n) is 5.12. The molecule has 0 saturated carbocycles. The van der Waals surface area contributed by atoms with E-state index in [9.17, 15) is 24.4 Å². The molecule has 0 spiro atoms. The maximum Gasteiger partial charge on any atom is 0.407 e. The smallest absolute Gasteiger partial charge is 0.407 e. The van der Waals surface area contributed by atoms with Crippen molar-refractivity contribution < 1.29 is 24.0 Å². The van der Waals surface area contributed by atoms with Gasteiger partial charge in [0.15, 0.2) is 5.82 Å². The van der Waals surface area contributed by atoms with Crippen LogP contribution in [0, 0.1) is 27.8 Å². The monoisotopic (exact) mass is 358 g/mol. The van der Waals surface area contributed by atoms with E-state index in [2.05, 4.69) is 17.2 Å². The number of benzene rings is 2. The van der Waals surface area contributed by atoms with E-state index < -0.39 is 28.3 Å². The lowest BCUT2D eigenvalue weighted by Crippen LogP contribution is -2.24. The number of rotatable bonds is 5. The van der Waals surface area contributed by atoms with Crippen molar-refractivity contribution in [1.82, 2.24) is 5.32 Å². The van der Waals surface area contributed by atoms with Crippen LogP contribution in [0.1, 0.15) is 17.5 Å². The fourth-order valence-corrected chi connectivity index (χ4v) is 1.96. The normalized spacial score (nSPS) is 9.73. The van der Waals surface area contributed by atoms with E-state index in [0.717, 1.165) is 17.7 Å². The van der Waals surface area contributed by atoms with E-state index in [4.69, 9.17) is 4.74 Å². The van der Waals surface area contributed by atoms with Gasteiger partial charge in [-0.1, -0.05) is 42.2 Å². The topological polar surface area (TPSA) is 102 Å². The summed E-state index contributed by atoms with van der Waals surface area (Å²) < 4.78 is 18.4. The van der Waals surface area contributed by atoms with Crippen LogP contribution in [-0.4, -0.2) is 22.7 Å². The lowest BCUT2D eigenvalue weighted by atomic mass is 10.2. The molecule has 26 heavy (non-hydrogen) atoms. The number of aromatic hydroxyl groups is 1. The summed E-state index contributed by atoms with van der Waals surface area (Å²) in [5, 5.41) is 22.5. The molecule has 0 saturated heterocycles. The molecular weight excluding hydrogens is 343 g/mol. The Bertz CT molecular complexity index is 859. The number of nitro groups is 1. The number of nitrogens with one attached hydrogen (secondary N) is 1. The van der Waals surface area contributed by atoms with Crippen LogP contribution >= 0.6 is 0 Å². The molecule has 2 aromatic carbocycles. The van der Waals surface area contributed by atoms with Crippen LogP contribution in [0.3, 0.4) is 0 Å². The molecule has 0 bridgehead atoms. The second kappa shape index (κ2) is 9.03. The summed E-state index contributed by atoms with van der Waals surface area (Å²) in [4.78, 5) is 21.3. The zero-order chi connectivity index (χ0) is 18.9. The van der Waals surface area contributed by atoms with Crippen molar-refractivity contribution in [2.24, 2.45) is 0 Å². The van der Waals surface area contributed by atoms with Gasteiger partial charge in [-0.25, -0.2) is 9.18 Å². The van der Waals surface area contributed by atoms with Crippen LogP contribution in [0.2, 0.25) is 0 Å². The average Bonchev–Trinajstić information content (AvgIpc) is 2.63. The Labute approximate surface area is 148 Å². The minimum absolute atomic E-state index is 0.0543. The van der Waals surface area contributed by atoms with Crippen LogP contribution in [-0.2, 0) is 11.3 Å². The van der Waals surface area contributed by atoms with Crippen LogP contribution in [0.25, 0.3) is 0 Å². The number of hydrogen-bond acceptors (Lipinski definition) is 5. The highest BCUT2D eigenvalue weighted by Crippen LogP contribution is 2.29. The van der Waals surface area contributed by atoms with Crippen molar-refractivity contribution in [1.29, 1.82) is 0 Å². The minimum atomic E-state index is -1.12. The van der Waals surface area contributed by atoms with Gasteiger partial charge < -0.3 is 15.2 Å². The average molecular weight is 358 g/mol. The number of phenols is 1. The number of alkyl carbamates (subject to hydrolysis) is 1. The fraction of sp³-hybridized carbons (Fsp3) is 0.167. The molecular formula is C18H15FN2O5. The summed E-state index contributed by atoms with van der Waals surface area (Å²) in [6.07, 6.45) is -0.363. The molecule has 0 fully saturated rings. The highest BCUT2D eigenvalue weighted by atomic mass is 19.1. The Kier molecular flexibility index (Phi) is 6.51. The van der Waals surface area contributed by atoms with Crippen molar-refractivity contribution in [3.63, 3.8) is 0 Å². The van der Waals surface area contributed by atoms with Gasteiger partial charge in [0, 0.05) is 24.6 Å². The van der Waals surface area contributed by atoms with Gasteiger partial charge in [-0.2, -0.15) is 0 Å². The molecule has 0 atom stereocenters. The molecule has 0 aromatic heterocycles. The number of carbonyl (C=O) groups excluding carboxylic acids is 1. The Morgan fingerprint density at radius 3 is 2.73 bits per heavy atom. The molecule has 0 aliphatic rings. The quantitative estimate of drug-likeness (QED) is 0.370. The third kappa shape index (κ3) is 5.49. The standard InChI is InChI=1S/C18H15FN2O5/c19-15-10-14(11-16(17(15)22)21(24)25)8-4-5-9-20-18(23)26-12-13-6-2-1-3-7-13/h1-3,6-7,10-11,22H,5,9,12H2,(H,20,23). The first-order chi connectivity index (χ1) is 12.5. The SMILES string of the molecule is O=C(NCCC#Cc1cc(F)c(O)c([N+](=O)[O-])c1)OCc1ccccc1. The van der Waals surface area contributed by atoms with Gasteiger partial charge in [-0.05, 0) is 11.6 Å². The van der Waals surface area contributed by atoms with E-state index in [1.807, 2.05) is 30.3 Å². The molecule has 2 aromatic rings. The summed E-state index contributed by atoms with van der Waals surface area (Å²) >= 11 is 0. The van der Waals surface area contributed by atoms with Crippen LogP contribution in [0.15, 0.2) is 42.5 Å². The van der Waals surface area contributed by atoms with Crippen LogP contribution in [0.5, 0.6) is 5.75 Å². The Morgan fingerprint density at radius 1 is 1.31 bits per heavy atom. The van der Waals surface area contributed by atoms with Crippen molar-refractivity contribution in [2.45, 2.75) is 13.0 Å². The number of carbonyl (C=O) groups is 1. The lowest BCUT2D eigenvalue weighted by Gasteiger charge is -2.05. The molecule has 2 rings (SSSR count). The zero-order valence-electron chi connectivity index (χ0n) is 13.6. The largest absolute Gasteiger partial charge is 0.500 e. The first-order valence-corrected chi connectivity index (χ1v) is 7.57. The fourth-order valence-electron chi connectivity index (χ4n) is 1.96. The van der Waals surface area contributed by atoms with Gasteiger partial charge >= 0.3 is 11.8 Å². The Hall–Kier alpha value is -3.60. The third-order valence-corrected chi connectivity index (χ3v) is 3.20. The number of amides is 1. The number of halogens is 1. The van der Waals surface area contributed by atoms with E-state index in [-0.39, 0.29) is 25.1 Å². The summed E-state index contributed by atoms with van der Waals surface area (Å²) in [5.41, 5.74) is 0.161. The minimum Gasteiger partial charge on any atom is -0.500 e. The van der Waals surface area contributed by atoms with Crippen LogP contribution < -0.4 is 5.32 Å². The molecule has 0 unspecified atom stereocenters. The van der Waals surface area contributed by atoms with Gasteiger partial charge in [0.05, 0.1) is 4.92 Å². The predicted molar refractivity (Wildman–Crippen MR) is 90.8 cm³/mol. The molecule has 1 amide bonds. The number of nitrogens with zero attached hydrogens (tertiary/aromatic N) is 1. The summed E-state index contributed by atoms with van der Waals surface area (Å²) in [6.45, 7) is 0.345. The molecule has 134 valence electrons. The van der Waals surface area contributed by atoms with Crippen molar-refractivity contribution in [2.75, 3.05) is 6.54 Å². The zero-order valence-corrected chi connectivity index (χ0v) is 13.6. The number of hydrogen-bond donors (Lipinski definition) is 2. The first kappa shape index (κ1) is 18.7. The lowest BCUT2D eigenvalue weighted by molar-refractivity contribution is -0.386. The van der Waals surface area contributed by atoms with Gasteiger partial charge in [-0.15, -0.1) is 0 Å². The molecule has 8 heteroatoms. The molecule has 2 N–H and O–H groups in total. The van der Waals surface area contributed by atoms with Gasteiger partial charge in [-0.3, -0.25) is 10.1 Å². The predicted octanol–water partition coefficient (Wildman–Crippen LogP) is 3.11. The number of ether oxygens (including phenoxy) is 1. The summed E-state index contributed by atoms with van der Waals surface area (Å²) in [7, 11) is 0. The van der Waals surface area contributed by atoms with Gasteiger partial charge in [0.2, 0.25) is 5.75 Å². The molecule has 0 radical (unpaired) electrons. The van der Waals surface area contributed by atoms with Crippen LogP contribution in [0.4, 0.5) is 14.9 Å². The molecule has 0 aliphatic heterocycles. The third-order valence-electron chi connectivity index (χ3n) is 3.20. The second-order valence-corrected chi connectivity index (χ2v) is 5.12. The van der Waals surface area contributed by atoms with E-state index in [1.54, 1.807) is 0 Å². The summed E-state index contributed by atoms with van der Waals surface area (Å²) in [5.74, 6) is 3.05. The highest BCUT2D eigenvalue weighted by Gasteiger charge is 2.18. The Balaban J connectivity index is 1.80. The highest BCUT2D eigenvalue weighted by molar-refractivity contribution is 5.67. The van der Waals surface area contributed by atoms with Crippen molar-refractivity contribution in [3.8, 4) is 17.6 Å². The van der Waals surface area contributed by atoms with Gasteiger partial charge in [0.1, 0.15) is 6.61 Å². The van der Waals surface area contributed by atoms with E-state index >= 15 is 0 Å². The molecule has 0 heterocycles. The van der Waals surface area contributed by atoms with Gasteiger partial charge in [0.25, 0.3) is 0 Å². The molecule has 7 nitrogen and oxygen atoms in total. The number of nitro benzene ring substituents is 1. The maximum atomic E-state index is 13.4. The maximum absolute atomic E-state index is 13.4. The van der Waals surface area contributed by atoms with E-state index in [0.29, 0.717) is 0 Å². The van der Waals surface area contributed by atoms with E-state index in [1.165, 1.54) is 0 Å². The molecule has 0 aliphatic carbocycles. The first-order valence-electron chi connectivity index (χ1n) is 7.57. The number of phenolic OH excluding ortho intramolecular Hbond substituents is 1. The van der Waals surface area contributed by atoms with Crippen molar-refractivity contribution in [3.05, 3.63) is 69.5 Å². The van der Waals surface area contributed by atoms with Crippen molar-refractivity contribution >= 4 is 11.8 Å². The Morgan fingerprint density at radius 2 is 2.04 bits per heavy atom.